The highest BCUT2D eigenvalue weighted by molar-refractivity contribution is 6.40. The molecular formula is C51H57N2O7+. The van der Waals surface area contributed by atoms with Crippen molar-refractivity contribution in [3.63, 3.8) is 0 Å². The molecule has 9 nitrogen and oxygen atoms in total. The third-order valence-electron chi connectivity index (χ3n) is 12.7. The molecule has 0 saturated heterocycles. The van der Waals surface area contributed by atoms with Gasteiger partial charge in [0.15, 0.2) is 17.3 Å². The van der Waals surface area contributed by atoms with Crippen molar-refractivity contribution < 1.29 is 39.1 Å². The van der Waals surface area contributed by atoms with Crippen LogP contribution in [0.15, 0.2) is 107 Å². The number of anilines is 1. The molecule has 0 radical (unpaired) electrons. The monoisotopic (exact) mass is 809 g/mol. The Morgan fingerprint density at radius 1 is 0.733 bits per heavy atom. The quantitative estimate of drug-likeness (QED) is 0.0500. The van der Waals surface area contributed by atoms with Gasteiger partial charge in [-0.3, -0.25) is 9.59 Å². The first kappa shape index (κ1) is 42.3. The van der Waals surface area contributed by atoms with Gasteiger partial charge in [-0.15, -0.1) is 0 Å². The lowest BCUT2D eigenvalue weighted by molar-refractivity contribution is -0.438. The van der Waals surface area contributed by atoms with Gasteiger partial charge in [-0.25, -0.2) is 9.59 Å². The number of Topliss-reactive ketones (excluding diaryl/α,β-unsaturated/α-hetero) is 2. The molecular weight excluding hydrogens is 753 g/mol. The van der Waals surface area contributed by atoms with Crippen molar-refractivity contribution in [3.05, 3.63) is 140 Å². The molecule has 0 fully saturated rings. The minimum atomic E-state index is -1.01. The van der Waals surface area contributed by atoms with Gasteiger partial charge in [0.2, 0.25) is 5.69 Å². The lowest BCUT2D eigenvalue weighted by Gasteiger charge is -2.29. The summed E-state index contributed by atoms with van der Waals surface area (Å²) in [5.41, 5.74) is 6.78. The van der Waals surface area contributed by atoms with Gasteiger partial charge in [-0.2, -0.15) is 4.58 Å². The molecule has 2 heterocycles. The van der Waals surface area contributed by atoms with E-state index in [1.54, 1.807) is 48.5 Å². The summed E-state index contributed by atoms with van der Waals surface area (Å²) in [7, 11) is 0. The Labute approximate surface area is 353 Å². The summed E-state index contributed by atoms with van der Waals surface area (Å²) in [4.78, 5) is 54.8. The number of fused-ring (bicyclic) bond motifs is 3. The van der Waals surface area contributed by atoms with Gasteiger partial charge in [0.05, 0.1) is 22.1 Å². The number of unbranched alkanes of at least 4 members (excludes halogenated alkanes) is 10. The Bertz CT molecular complexity index is 2390. The average Bonchev–Trinajstić information content (AvgIpc) is 3.78. The average molecular weight is 810 g/mol. The van der Waals surface area contributed by atoms with E-state index in [2.05, 4.69) is 23.3 Å². The molecule has 0 saturated carbocycles. The fourth-order valence-corrected chi connectivity index (χ4v) is 9.37. The van der Waals surface area contributed by atoms with E-state index in [9.17, 15) is 34.5 Å². The molecule has 0 bridgehead atoms. The van der Waals surface area contributed by atoms with Crippen LogP contribution in [0.2, 0.25) is 0 Å². The minimum Gasteiger partial charge on any atom is -0.507 e. The van der Waals surface area contributed by atoms with Gasteiger partial charge in [0, 0.05) is 76.3 Å². The Hall–Kier alpha value is -5.83. The maximum absolute atomic E-state index is 14.3. The molecule has 3 aromatic rings. The number of hydrogen-bond acceptors (Lipinski definition) is 6. The van der Waals surface area contributed by atoms with E-state index >= 15 is 0 Å². The highest BCUT2D eigenvalue weighted by Crippen LogP contribution is 2.49. The summed E-state index contributed by atoms with van der Waals surface area (Å²) in [6.07, 6.45) is 17.4. The third-order valence-corrected chi connectivity index (χ3v) is 12.7. The SMILES string of the molecule is CCCCCCCCN1/C(=C/C2=C(O)C(=C\C3=[N+](CCCCCCCC)c4ccc(C(=O)O)cc4C3(C)C)/C2=C2C(=O)c3ccccc3C2=O)Cc2cc(C(=O)O)ccc21. The molecule has 2 aliphatic heterocycles. The second-order valence-corrected chi connectivity index (χ2v) is 17.1. The summed E-state index contributed by atoms with van der Waals surface area (Å²) in [5.74, 6) is -2.83. The molecule has 0 spiro atoms. The van der Waals surface area contributed by atoms with Crippen LogP contribution in [0.25, 0.3) is 0 Å². The standard InChI is InChI=1S/C51H56N2O7/c1-5-7-9-11-13-17-25-52-35(28-34-27-32(49(57)58)21-23-41(34)52)30-38-44(45-47(55)36-19-15-16-20-37(36)48(45)56)39(46(38)54)31-43-51(3,4)40-29-33(50(59)60)22-24-42(40)53(43)26-18-14-12-10-8-6-2/h15-16,19-24,27,29-31H,5-14,17-18,25-26,28H2,1-4H3,(H2-,54,55,56,57,58,59,60)/p+1. The van der Waals surface area contributed by atoms with Gasteiger partial charge >= 0.3 is 11.9 Å². The third kappa shape index (κ3) is 7.94. The summed E-state index contributed by atoms with van der Waals surface area (Å²) in [6, 6.07) is 17.2. The number of aliphatic hydroxyl groups excluding tert-OH is 1. The Morgan fingerprint density at radius 3 is 1.95 bits per heavy atom. The lowest BCUT2D eigenvalue weighted by atomic mass is 9.74. The number of benzene rings is 3. The molecule has 0 atom stereocenters. The van der Waals surface area contributed by atoms with Crippen LogP contribution in [-0.2, 0) is 11.8 Å². The summed E-state index contributed by atoms with van der Waals surface area (Å²) in [5, 5.41) is 32.0. The van der Waals surface area contributed by atoms with Gasteiger partial charge in [-0.1, -0.05) is 95.9 Å². The number of carboxylic acids is 2. The number of aliphatic hydroxyl groups is 1. The van der Waals surface area contributed by atoms with Gasteiger partial charge in [-0.05, 0) is 68.7 Å². The Morgan fingerprint density at radius 2 is 1.32 bits per heavy atom. The van der Waals surface area contributed by atoms with Crippen molar-refractivity contribution in [1.82, 2.24) is 0 Å². The first-order chi connectivity index (χ1) is 28.9. The highest BCUT2D eigenvalue weighted by Gasteiger charge is 2.48. The highest BCUT2D eigenvalue weighted by atomic mass is 16.4. The molecule has 3 N–H and O–H groups in total. The van der Waals surface area contributed by atoms with Gasteiger partial charge < -0.3 is 20.2 Å². The molecule has 60 heavy (non-hydrogen) atoms. The fraction of sp³-hybridized carbons (Fsp3) is 0.392. The predicted octanol–water partition coefficient (Wildman–Crippen LogP) is 11.3. The molecule has 312 valence electrons. The second-order valence-electron chi connectivity index (χ2n) is 17.1. The maximum Gasteiger partial charge on any atom is 0.335 e. The largest absolute Gasteiger partial charge is 0.507 e. The van der Waals surface area contributed by atoms with Crippen molar-refractivity contribution in [3.8, 4) is 0 Å². The second kappa shape index (κ2) is 17.8. The first-order valence-electron chi connectivity index (χ1n) is 21.8. The number of aromatic carboxylic acids is 2. The van der Waals surface area contributed by atoms with Gasteiger partial charge in [0.1, 0.15) is 12.3 Å². The summed E-state index contributed by atoms with van der Waals surface area (Å²) >= 11 is 0. The number of carboxylic acid groups (broad SMARTS) is 2. The van der Waals surface area contributed by atoms with E-state index in [4.69, 9.17) is 0 Å². The summed E-state index contributed by atoms with van der Waals surface area (Å²) < 4.78 is 2.21. The topological polar surface area (TPSA) is 135 Å². The van der Waals surface area contributed by atoms with Crippen LogP contribution in [0, 0.1) is 0 Å². The molecule has 7 rings (SSSR count). The zero-order valence-corrected chi connectivity index (χ0v) is 35.4. The van der Waals surface area contributed by atoms with E-state index in [0.717, 1.165) is 85.3 Å². The van der Waals surface area contributed by atoms with Crippen molar-refractivity contribution in [2.24, 2.45) is 0 Å². The number of carbonyl (C=O) groups is 4. The lowest BCUT2D eigenvalue weighted by Crippen LogP contribution is -2.30. The first-order valence-corrected chi connectivity index (χ1v) is 21.8. The van der Waals surface area contributed by atoms with Crippen LogP contribution in [0.1, 0.15) is 157 Å². The Kier molecular flexibility index (Phi) is 12.5. The van der Waals surface area contributed by atoms with Crippen LogP contribution < -0.4 is 4.90 Å². The molecule has 3 aromatic carbocycles. The van der Waals surface area contributed by atoms with E-state index in [-0.39, 0.29) is 22.5 Å². The van der Waals surface area contributed by atoms with E-state index in [0.29, 0.717) is 47.4 Å². The number of allylic oxidation sites excluding steroid dienone is 6. The minimum absolute atomic E-state index is 0.0165. The van der Waals surface area contributed by atoms with Crippen LogP contribution >= 0.6 is 0 Å². The van der Waals surface area contributed by atoms with Crippen molar-refractivity contribution >= 4 is 40.6 Å². The number of carbonyl (C=O) groups excluding carboxylic acids is 2. The van der Waals surface area contributed by atoms with Crippen LogP contribution in [0.5, 0.6) is 0 Å². The maximum atomic E-state index is 14.3. The zero-order chi connectivity index (χ0) is 42.7. The van der Waals surface area contributed by atoms with Crippen LogP contribution in [0.3, 0.4) is 0 Å². The fourth-order valence-electron chi connectivity index (χ4n) is 9.37. The number of hydrogen-bond donors (Lipinski definition) is 3. The van der Waals surface area contributed by atoms with Crippen molar-refractivity contribution in [2.45, 2.75) is 117 Å². The van der Waals surface area contributed by atoms with E-state index in [1.165, 1.54) is 25.7 Å². The zero-order valence-electron chi connectivity index (χ0n) is 35.4. The molecule has 9 heteroatoms. The Balaban J connectivity index is 1.36. The molecule has 0 unspecified atom stereocenters. The number of rotatable bonds is 18. The van der Waals surface area contributed by atoms with Crippen LogP contribution in [0.4, 0.5) is 11.4 Å². The molecule has 4 aliphatic rings. The molecule has 2 aliphatic carbocycles. The predicted molar refractivity (Wildman–Crippen MR) is 235 cm³/mol. The van der Waals surface area contributed by atoms with Crippen LogP contribution in [-0.4, -0.2) is 62.2 Å². The normalized spacial score (nSPS) is 17.9. The van der Waals surface area contributed by atoms with Crippen molar-refractivity contribution in [2.75, 3.05) is 18.0 Å². The van der Waals surface area contributed by atoms with E-state index in [1.807, 2.05) is 38.1 Å². The van der Waals surface area contributed by atoms with Gasteiger partial charge in [0.25, 0.3) is 0 Å². The number of ketones is 2. The van der Waals surface area contributed by atoms with E-state index < -0.39 is 28.9 Å². The van der Waals surface area contributed by atoms with Crippen molar-refractivity contribution in [1.29, 1.82) is 0 Å². The molecule has 0 amide bonds. The number of nitrogens with zero attached hydrogens (tertiary/aromatic N) is 2. The summed E-state index contributed by atoms with van der Waals surface area (Å²) in [6.45, 7) is 9.85. The smallest absolute Gasteiger partial charge is 0.335 e. The molecule has 0 aromatic heterocycles.